The molecule has 0 amide bonds. The van der Waals surface area contributed by atoms with Crippen LogP contribution in [0.25, 0.3) is 0 Å². The maximum absolute atomic E-state index is 2.61. The van der Waals surface area contributed by atoms with Crippen molar-refractivity contribution in [3.05, 3.63) is 35.9 Å². The first-order valence-corrected chi connectivity index (χ1v) is 7.39. The van der Waals surface area contributed by atoms with Gasteiger partial charge in [0.1, 0.15) is 0 Å². The van der Waals surface area contributed by atoms with Crippen LogP contribution in [0.4, 0.5) is 0 Å². The van der Waals surface area contributed by atoms with Gasteiger partial charge in [-0.2, -0.15) is 0 Å². The largest absolute Gasteiger partial charge is 0.299 e. The molecule has 0 bridgehead atoms. The van der Waals surface area contributed by atoms with Crippen LogP contribution in [0.2, 0.25) is 0 Å². The highest BCUT2D eigenvalue weighted by Crippen LogP contribution is 2.42. The number of piperidine rings is 1. The van der Waals surface area contributed by atoms with E-state index >= 15 is 0 Å². The van der Waals surface area contributed by atoms with E-state index < -0.39 is 0 Å². The number of halogens is 1. The van der Waals surface area contributed by atoms with E-state index in [4.69, 9.17) is 0 Å². The smallest absolute Gasteiger partial charge is 0.0233 e. The Labute approximate surface area is 117 Å². The van der Waals surface area contributed by atoms with E-state index in [1.165, 1.54) is 44.6 Å². The van der Waals surface area contributed by atoms with Crippen LogP contribution in [-0.4, -0.2) is 34.2 Å². The predicted molar refractivity (Wildman–Crippen MR) is 79.0 cm³/mol. The molecule has 0 aliphatic carbocycles. The Kier molecular flexibility index (Phi) is 3.41. The first kappa shape index (κ1) is 11.9. The first-order valence-electron chi connectivity index (χ1n) is 6.43. The van der Waals surface area contributed by atoms with Crippen molar-refractivity contribution in [2.24, 2.45) is 5.41 Å². The Bertz CT molecular complexity index is 363. The van der Waals surface area contributed by atoms with Gasteiger partial charge in [-0.25, -0.2) is 3.11 Å². The van der Waals surface area contributed by atoms with E-state index in [1.54, 1.807) is 0 Å². The quantitative estimate of drug-likeness (QED) is 0.602. The van der Waals surface area contributed by atoms with Crippen molar-refractivity contribution in [3.8, 4) is 0 Å². The molecule has 0 aromatic heterocycles. The van der Waals surface area contributed by atoms with Gasteiger partial charge in [0.05, 0.1) is 0 Å². The molecule has 2 heterocycles. The third-order valence-corrected chi connectivity index (χ3v) is 4.86. The third-order valence-electron chi connectivity index (χ3n) is 4.18. The molecule has 17 heavy (non-hydrogen) atoms. The molecule has 2 saturated heterocycles. The van der Waals surface area contributed by atoms with Crippen LogP contribution in [0.5, 0.6) is 0 Å². The minimum absolute atomic E-state index is 0.675. The summed E-state index contributed by atoms with van der Waals surface area (Å²) in [6, 6.07) is 10.8. The zero-order valence-electron chi connectivity index (χ0n) is 10.1. The first-order chi connectivity index (χ1) is 8.26. The lowest BCUT2D eigenvalue weighted by Crippen LogP contribution is -2.56. The summed E-state index contributed by atoms with van der Waals surface area (Å²) in [4.78, 5) is 2.61. The van der Waals surface area contributed by atoms with Gasteiger partial charge in [0.25, 0.3) is 0 Å². The van der Waals surface area contributed by atoms with Crippen molar-refractivity contribution in [1.82, 2.24) is 8.01 Å². The average Bonchev–Trinajstić information content (AvgIpc) is 2.32. The van der Waals surface area contributed by atoms with Crippen LogP contribution in [-0.2, 0) is 6.54 Å². The number of likely N-dealkylation sites (tertiary alicyclic amines) is 1. The molecule has 0 unspecified atom stereocenters. The fourth-order valence-electron chi connectivity index (χ4n) is 3.02. The second kappa shape index (κ2) is 4.86. The standard InChI is InChI=1S/C14H19IN2/c15-17-11-14(12-17)6-8-16(9-7-14)10-13-4-2-1-3-5-13/h1-5H,6-12H2. The van der Waals surface area contributed by atoms with Gasteiger partial charge in [0.15, 0.2) is 0 Å². The summed E-state index contributed by atoms with van der Waals surface area (Å²) in [5, 5.41) is 0. The summed E-state index contributed by atoms with van der Waals surface area (Å²) in [5.74, 6) is 0. The molecular weight excluding hydrogens is 323 g/mol. The Morgan fingerprint density at radius 3 is 2.29 bits per heavy atom. The van der Waals surface area contributed by atoms with E-state index in [-0.39, 0.29) is 0 Å². The van der Waals surface area contributed by atoms with Gasteiger partial charge in [-0.05, 0) is 36.9 Å². The summed E-state index contributed by atoms with van der Waals surface area (Å²) in [7, 11) is 0. The van der Waals surface area contributed by atoms with Crippen molar-refractivity contribution < 1.29 is 0 Å². The topological polar surface area (TPSA) is 6.48 Å². The number of benzene rings is 1. The number of nitrogens with zero attached hydrogens (tertiary/aromatic N) is 2. The molecule has 0 atom stereocenters. The van der Waals surface area contributed by atoms with Crippen molar-refractivity contribution in [2.75, 3.05) is 26.2 Å². The van der Waals surface area contributed by atoms with Gasteiger partial charge in [0, 0.05) is 42.5 Å². The fourth-order valence-corrected chi connectivity index (χ4v) is 4.47. The monoisotopic (exact) mass is 342 g/mol. The van der Waals surface area contributed by atoms with Gasteiger partial charge >= 0.3 is 0 Å². The van der Waals surface area contributed by atoms with E-state index in [0.717, 1.165) is 6.54 Å². The summed E-state index contributed by atoms with van der Waals surface area (Å²) < 4.78 is 2.42. The van der Waals surface area contributed by atoms with Gasteiger partial charge in [-0.3, -0.25) is 4.90 Å². The Balaban J connectivity index is 1.52. The van der Waals surface area contributed by atoms with E-state index in [9.17, 15) is 0 Å². The van der Waals surface area contributed by atoms with Crippen molar-refractivity contribution in [1.29, 1.82) is 0 Å². The van der Waals surface area contributed by atoms with E-state index in [2.05, 4.69) is 61.2 Å². The number of hydrogen-bond donors (Lipinski definition) is 0. The Hall–Kier alpha value is -0.130. The molecular formula is C14H19IN2. The molecule has 0 saturated carbocycles. The highest BCUT2D eigenvalue weighted by molar-refractivity contribution is 14.1. The summed E-state index contributed by atoms with van der Waals surface area (Å²) in [5.41, 5.74) is 2.13. The molecule has 2 fully saturated rings. The molecule has 0 radical (unpaired) electrons. The number of rotatable bonds is 2. The Morgan fingerprint density at radius 2 is 1.71 bits per heavy atom. The molecule has 2 aliphatic rings. The highest BCUT2D eigenvalue weighted by Gasteiger charge is 2.43. The third kappa shape index (κ3) is 2.66. The molecule has 92 valence electrons. The normalized spacial score (nSPS) is 24.8. The molecule has 2 aliphatic heterocycles. The second-order valence-corrected chi connectivity index (χ2v) is 6.91. The molecule has 2 nitrogen and oxygen atoms in total. The maximum atomic E-state index is 2.61. The van der Waals surface area contributed by atoms with Gasteiger partial charge in [-0.1, -0.05) is 30.3 Å². The lowest BCUT2D eigenvalue weighted by Gasteiger charge is -2.51. The second-order valence-electron chi connectivity index (χ2n) is 5.54. The van der Waals surface area contributed by atoms with Crippen LogP contribution in [0.1, 0.15) is 18.4 Å². The minimum Gasteiger partial charge on any atom is -0.299 e. The minimum atomic E-state index is 0.675. The van der Waals surface area contributed by atoms with Crippen LogP contribution >= 0.6 is 22.9 Å². The van der Waals surface area contributed by atoms with Gasteiger partial charge < -0.3 is 0 Å². The van der Waals surface area contributed by atoms with Crippen LogP contribution in [0, 0.1) is 5.41 Å². The number of hydrogen-bond acceptors (Lipinski definition) is 2. The van der Waals surface area contributed by atoms with Crippen molar-refractivity contribution in [3.63, 3.8) is 0 Å². The Morgan fingerprint density at radius 1 is 1.06 bits per heavy atom. The molecule has 3 heteroatoms. The van der Waals surface area contributed by atoms with Crippen LogP contribution in [0.15, 0.2) is 30.3 Å². The molecule has 1 spiro atoms. The van der Waals surface area contributed by atoms with E-state index in [0.29, 0.717) is 5.41 Å². The average molecular weight is 342 g/mol. The SMILES string of the molecule is IN1CC2(CCN(Cc3ccccc3)CC2)C1. The van der Waals surface area contributed by atoms with Crippen molar-refractivity contribution in [2.45, 2.75) is 19.4 Å². The van der Waals surface area contributed by atoms with Crippen LogP contribution in [0.3, 0.4) is 0 Å². The van der Waals surface area contributed by atoms with Gasteiger partial charge in [0.2, 0.25) is 0 Å². The lowest BCUT2D eigenvalue weighted by molar-refractivity contribution is 0.0133. The van der Waals surface area contributed by atoms with Crippen molar-refractivity contribution >= 4 is 22.9 Å². The predicted octanol–water partition coefficient (Wildman–Crippen LogP) is 2.93. The van der Waals surface area contributed by atoms with Crippen LogP contribution < -0.4 is 0 Å². The molecule has 0 N–H and O–H groups in total. The molecule has 3 rings (SSSR count). The zero-order valence-corrected chi connectivity index (χ0v) is 12.3. The summed E-state index contributed by atoms with van der Waals surface area (Å²) >= 11 is 2.45. The lowest BCUT2D eigenvalue weighted by atomic mass is 9.73. The van der Waals surface area contributed by atoms with E-state index in [1.807, 2.05) is 0 Å². The molecule has 1 aromatic carbocycles. The summed E-state index contributed by atoms with van der Waals surface area (Å²) in [6.45, 7) is 6.31. The maximum Gasteiger partial charge on any atom is 0.0233 e. The summed E-state index contributed by atoms with van der Waals surface area (Å²) in [6.07, 6.45) is 2.78. The fraction of sp³-hybridized carbons (Fsp3) is 0.571. The molecule has 1 aromatic rings. The van der Waals surface area contributed by atoms with Gasteiger partial charge in [-0.15, -0.1) is 0 Å². The highest BCUT2D eigenvalue weighted by atomic mass is 127. The zero-order chi connectivity index (χ0) is 11.7.